The summed E-state index contributed by atoms with van der Waals surface area (Å²) in [6.07, 6.45) is 3.12. The Bertz CT molecular complexity index is 243. The standard InChI is InChI=1S/C13H27N3O3/c1-2-17-8-3-6-15-13(14)16-7-4-9-19-12-5-10-18-11-12/h12H,2-11H2,1H3,(H3,14,15,16). The molecule has 0 bridgehead atoms. The molecule has 1 aliphatic rings. The van der Waals surface area contributed by atoms with E-state index in [9.17, 15) is 0 Å². The molecule has 0 aromatic heterocycles. The second kappa shape index (κ2) is 11.0. The van der Waals surface area contributed by atoms with Gasteiger partial charge in [-0.15, -0.1) is 0 Å². The van der Waals surface area contributed by atoms with E-state index in [4.69, 9.17) is 19.9 Å². The minimum absolute atomic E-state index is 0.282. The summed E-state index contributed by atoms with van der Waals surface area (Å²) >= 11 is 0. The quantitative estimate of drug-likeness (QED) is 0.344. The molecule has 1 aliphatic heterocycles. The lowest BCUT2D eigenvalue weighted by molar-refractivity contribution is 0.0420. The molecule has 1 heterocycles. The SMILES string of the molecule is CCOCCCN=C(N)NCCCOC1CCOC1. The maximum atomic E-state index is 5.73. The van der Waals surface area contributed by atoms with Crippen molar-refractivity contribution in [2.45, 2.75) is 32.3 Å². The first-order chi connectivity index (χ1) is 9.33. The molecule has 1 unspecified atom stereocenters. The average Bonchev–Trinajstić information content (AvgIpc) is 2.91. The lowest BCUT2D eigenvalue weighted by atomic mass is 10.3. The monoisotopic (exact) mass is 273 g/mol. The van der Waals surface area contributed by atoms with Gasteiger partial charge in [0.15, 0.2) is 5.96 Å². The van der Waals surface area contributed by atoms with E-state index in [2.05, 4.69) is 10.3 Å². The van der Waals surface area contributed by atoms with Crippen LogP contribution in [0.5, 0.6) is 0 Å². The van der Waals surface area contributed by atoms with Gasteiger partial charge in [-0.2, -0.15) is 0 Å². The zero-order valence-corrected chi connectivity index (χ0v) is 11.9. The van der Waals surface area contributed by atoms with Crippen molar-refractivity contribution in [3.8, 4) is 0 Å². The zero-order chi connectivity index (χ0) is 13.8. The summed E-state index contributed by atoms with van der Waals surface area (Å²) in [5.41, 5.74) is 5.73. The van der Waals surface area contributed by atoms with Crippen molar-refractivity contribution in [1.29, 1.82) is 0 Å². The Balaban J connectivity index is 1.88. The third-order valence-electron chi connectivity index (χ3n) is 2.80. The van der Waals surface area contributed by atoms with Gasteiger partial charge in [0, 0.05) is 39.5 Å². The van der Waals surface area contributed by atoms with Gasteiger partial charge in [0.05, 0.1) is 12.7 Å². The third kappa shape index (κ3) is 8.80. The van der Waals surface area contributed by atoms with Crippen LogP contribution in [0, 0.1) is 0 Å². The first kappa shape index (κ1) is 16.2. The highest BCUT2D eigenvalue weighted by Crippen LogP contribution is 2.07. The highest BCUT2D eigenvalue weighted by molar-refractivity contribution is 5.77. The number of hydrogen-bond donors (Lipinski definition) is 2. The highest BCUT2D eigenvalue weighted by Gasteiger charge is 2.15. The molecule has 0 aliphatic carbocycles. The number of nitrogens with two attached hydrogens (primary N) is 1. The van der Waals surface area contributed by atoms with Gasteiger partial charge in [-0.25, -0.2) is 0 Å². The predicted octanol–water partition coefficient (Wildman–Crippen LogP) is 0.513. The molecule has 0 aromatic carbocycles. The van der Waals surface area contributed by atoms with Gasteiger partial charge >= 0.3 is 0 Å². The van der Waals surface area contributed by atoms with Crippen molar-refractivity contribution in [2.24, 2.45) is 10.7 Å². The highest BCUT2D eigenvalue weighted by atomic mass is 16.5. The van der Waals surface area contributed by atoms with Crippen molar-refractivity contribution in [3.05, 3.63) is 0 Å². The Morgan fingerprint density at radius 2 is 2.32 bits per heavy atom. The zero-order valence-electron chi connectivity index (χ0n) is 11.9. The maximum absolute atomic E-state index is 5.73. The van der Waals surface area contributed by atoms with Crippen LogP contribution in [0.25, 0.3) is 0 Å². The van der Waals surface area contributed by atoms with E-state index in [1.54, 1.807) is 0 Å². The molecule has 112 valence electrons. The van der Waals surface area contributed by atoms with Gasteiger partial charge in [-0.1, -0.05) is 0 Å². The summed E-state index contributed by atoms with van der Waals surface area (Å²) in [5, 5.41) is 3.07. The molecule has 1 rings (SSSR count). The van der Waals surface area contributed by atoms with Crippen LogP contribution in [0.4, 0.5) is 0 Å². The molecule has 6 nitrogen and oxygen atoms in total. The number of guanidine groups is 1. The minimum atomic E-state index is 0.282. The van der Waals surface area contributed by atoms with Crippen molar-refractivity contribution >= 4 is 5.96 Å². The maximum Gasteiger partial charge on any atom is 0.188 e. The molecule has 3 N–H and O–H groups in total. The Kier molecular flexibility index (Phi) is 9.40. The number of ether oxygens (including phenoxy) is 3. The number of nitrogens with one attached hydrogen (secondary N) is 1. The van der Waals surface area contributed by atoms with E-state index >= 15 is 0 Å². The van der Waals surface area contributed by atoms with E-state index in [-0.39, 0.29) is 6.10 Å². The Hall–Kier alpha value is -0.850. The summed E-state index contributed by atoms with van der Waals surface area (Å²) in [5.74, 6) is 0.501. The van der Waals surface area contributed by atoms with Gasteiger partial charge < -0.3 is 25.3 Å². The van der Waals surface area contributed by atoms with Gasteiger partial charge in [0.1, 0.15) is 0 Å². The molecule has 1 fully saturated rings. The molecular formula is C13H27N3O3. The van der Waals surface area contributed by atoms with Gasteiger partial charge in [-0.3, -0.25) is 4.99 Å². The Labute approximate surface area is 115 Å². The lowest BCUT2D eigenvalue weighted by Gasteiger charge is -2.10. The fraction of sp³-hybridized carbons (Fsp3) is 0.923. The van der Waals surface area contributed by atoms with Crippen LogP contribution >= 0.6 is 0 Å². The fourth-order valence-electron chi connectivity index (χ4n) is 1.75. The largest absolute Gasteiger partial charge is 0.382 e. The van der Waals surface area contributed by atoms with Crippen LogP contribution in [0.1, 0.15) is 26.2 Å². The average molecular weight is 273 g/mol. The van der Waals surface area contributed by atoms with Crippen LogP contribution in [0.2, 0.25) is 0 Å². The lowest BCUT2D eigenvalue weighted by Crippen LogP contribution is -2.33. The molecule has 19 heavy (non-hydrogen) atoms. The third-order valence-corrected chi connectivity index (χ3v) is 2.80. The molecule has 6 heteroatoms. The van der Waals surface area contributed by atoms with E-state index in [0.29, 0.717) is 12.5 Å². The van der Waals surface area contributed by atoms with Crippen LogP contribution < -0.4 is 11.1 Å². The number of hydrogen-bond acceptors (Lipinski definition) is 4. The molecule has 0 radical (unpaired) electrons. The van der Waals surface area contributed by atoms with Crippen LogP contribution in [0.3, 0.4) is 0 Å². The summed E-state index contributed by atoms with van der Waals surface area (Å²) in [6, 6.07) is 0. The Morgan fingerprint density at radius 3 is 3.05 bits per heavy atom. The first-order valence-electron chi connectivity index (χ1n) is 7.13. The van der Waals surface area contributed by atoms with Crippen molar-refractivity contribution in [2.75, 3.05) is 46.1 Å². The number of nitrogens with zero attached hydrogens (tertiary/aromatic N) is 1. The minimum Gasteiger partial charge on any atom is -0.382 e. The topological polar surface area (TPSA) is 78.1 Å². The Morgan fingerprint density at radius 1 is 1.42 bits per heavy atom. The second-order valence-electron chi connectivity index (χ2n) is 4.45. The van der Waals surface area contributed by atoms with Gasteiger partial charge in [-0.05, 0) is 26.2 Å². The van der Waals surface area contributed by atoms with Gasteiger partial charge in [0.25, 0.3) is 0 Å². The van der Waals surface area contributed by atoms with Gasteiger partial charge in [0.2, 0.25) is 0 Å². The number of rotatable bonds is 10. The second-order valence-corrected chi connectivity index (χ2v) is 4.45. The van der Waals surface area contributed by atoms with Crippen molar-refractivity contribution in [1.82, 2.24) is 5.32 Å². The van der Waals surface area contributed by atoms with E-state index in [0.717, 1.165) is 58.8 Å². The van der Waals surface area contributed by atoms with Crippen LogP contribution in [0.15, 0.2) is 4.99 Å². The molecule has 0 aromatic rings. The summed E-state index contributed by atoms with van der Waals surface area (Å²) in [4.78, 5) is 4.21. The van der Waals surface area contributed by atoms with E-state index < -0.39 is 0 Å². The van der Waals surface area contributed by atoms with Crippen LogP contribution in [-0.4, -0.2) is 58.2 Å². The smallest absolute Gasteiger partial charge is 0.188 e. The summed E-state index contributed by atoms with van der Waals surface area (Å²) < 4.78 is 16.1. The first-order valence-corrected chi connectivity index (χ1v) is 7.13. The van der Waals surface area contributed by atoms with Crippen molar-refractivity contribution in [3.63, 3.8) is 0 Å². The molecule has 0 saturated carbocycles. The molecule has 1 atom stereocenters. The molecule has 0 spiro atoms. The fourth-order valence-corrected chi connectivity index (χ4v) is 1.75. The van der Waals surface area contributed by atoms with E-state index in [1.165, 1.54) is 0 Å². The summed E-state index contributed by atoms with van der Waals surface area (Å²) in [7, 11) is 0. The van der Waals surface area contributed by atoms with E-state index in [1.807, 2.05) is 6.92 Å². The molecule has 1 saturated heterocycles. The number of aliphatic imine (C=N–C) groups is 1. The molecule has 0 amide bonds. The normalized spacial score (nSPS) is 19.8. The van der Waals surface area contributed by atoms with Crippen LogP contribution in [-0.2, 0) is 14.2 Å². The predicted molar refractivity (Wildman–Crippen MR) is 75.4 cm³/mol. The van der Waals surface area contributed by atoms with Crippen molar-refractivity contribution < 1.29 is 14.2 Å². The summed E-state index contributed by atoms with van der Waals surface area (Å²) in [6.45, 7) is 7.26. The molecular weight excluding hydrogens is 246 g/mol.